The summed E-state index contributed by atoms with van der Waals surface area (Å²) < 4.78 is 0. The average molecular weight is 324 g/mol. The van der Waals surface area contributed by atoms with E-state index in [1.54, 1.807) is 6.07 Å². The first-order valence-electron chi connectivity index (χ1n) is 7.42. The summed E-state index contributed by atoms with van der Waals surface area (Å²) >= 11 is 5.74. The topological polar surface area (TPSA) is 69.6 Å². The van der Waals surface area contributed by atoms with Gasteiger partial charge in [-0.1, -0.05) is 11.6 Å². The molecule has 1 aromatic heterocycles. The number of imide groups is 1. The van der Waals surface area contributed by atoms with Gasteiger partial charge < -0.3 is 4.90 Å². The molecule has 118 valence electrons. The third-order valence-corrected chi connectivity index (χ3v) is 4.43. The zero-order valence-corrected chi connectivity index (χ0v) is 13.2. The van der Waals surface area contributed by atoms with E-state index in [2.05, 4.69) is 20.0 Å². The minimum atomic E-state index is -0.300. The molecule has 1 atom stereocenters. The van der Waals surface area contributed by atoms with Gasteiger partial charge in [0.05, 0.1) is 12.5 Å². The third-order valence-electron chi connectivity index (χ3n) is 4.23. The second kappa shape index (κ2) is 6.18. The van der Waals surface area contributed by atoms with E-state index in [0.717, 1.165) is 32.0 Å². The fourth-order valence-corrected chi connectivity index (χ4v) is 3.12. The first-order chi connectivity index (χ1) is 10.6. The van der Waals surface area contributed by atoms with Gasteiger partial charge in [-0.25, -0.2) is 0 Å². The van der Waals surface area contributed by atoms with Crippen LogP contribution in [0, 0.1) is 0 Å². The van der Waals surface area contributed by atoms with Crippen molar-refractivity contribution in [3.8, 4) is 0 Å². The van der Waals surface area contributed by atoms with Crippen LogP contribution in [0.2, 0.25) is 5.15 Å². The minimum absolute atomic E-state index is 0.0627. The summed E-state index contributed by atoms with van der Waals surface area (Å²) in [6, 6.07) is 3.26. The molecule has 2 amide bonds. The van der Waals surface area contributed by atoms with Gasteiger partial charge in [-0.05, 0) is 19.1 Å². The molecule has 22 heavy (non-hydrogen) atoms. The number of hydrogen-bond acceptors (Lipinski definition) is 6. The maximum Gasteiger partial charge on any atom is 0.247 e. The average Bonchev–Trinajstić information content (AvgIpc) is 2.82. The van der Waals surface area contributed by atoms with Crippen molar-refractivity contribution in [3.63, 3.8) is 0 Å². The molecule has 0 aromatic carbocycles. The molecule has 0 spiro atoms. The number of hydrogen-bond donors (Lipinski definition) is 0. The number of likely N-dealkylation sites (N-methyl/N-ethyl adjacent to an activating group) is 1. The van der Waals surface area contributed by atoms with Crippen molar-refractivity contribution >= 4 is 29.2 Å². The number of nitrogens with zero attached hydrogens (tertiary/aromatic N) is 5. The van der Waals surface area contributed by atoms with Gasteiger partial charge in [-0.15, -0.1) is 10.2 Å². The van der Waals surface area contributed by atoms with Crippen molar-refractivity contribution in [1.29, 1.82) is 0 Å². The lowest BCUT2D eigenvalue weighted by molar-refractivity contribution is -0.139. The number of amides is 2. The summed E-state index contributed by atoms with van der Waals surface area (Å²) in [5.41, 5.74) is 0. The molecular weight excluding hydrogens is 306 g/mol. The molecule has 0 N–H and O–H groups in total. The molecule has 0 aliphatic carbocycles. The van der Waals surface area contributed by atoms with Gasteiger partial charge in [0.15, 0.2) is 11.0 Å². The lowest BCUT2D eigenvalue weighted by atomic mass is 10.1. The van der Waals surface area contributed by atoms with E-state index in [0.29, 0.717) is 18.1 Å². The standard InChI is InChI=1S/C14H18ClN5O2/c1-2-20-13(21)9-10(14(20)22)18-5-7-19(8-6-18)12-4-3-11(15)16-17-12/h3-4,10H,2,5-9H2,1H3/t10-/m1/s1. The van der Waals surface area contributed by atoms with Gasteiger partial charge in [0.2, 0.25) is 11.8 Å². The first-order valence-corrected chi connectivity index (χ1v) is 7.80. The molecule has 8 heteroatoms. The highest BCUT2D eigenvalue weighted by Gasteiger charge is 2.41. The highest BCUT2D eigenvalue weighted by atomic mass is 35.5. The van der Waals surface area contributed by atoms with Crippen molar-refractivity contribution in [2.45, 2.75) is 19.4 Å². The molecule has 0 radical (unpaired) electrons. The molecule has 2 fully saturated rings. The Bertz CT molecular complexity index is 571. The number of rotatable bonds is 3. The van der Waals surface area contributed by atoms with Gasteiger partial charge in [0.1, 0.15) is 0 Å². The Labute approximate surface area is 133 Å². The Morgan fingerprint density at radius 3 is 2.45 bits per heavy atom. The van der Waals surface area contributed by atoms with Crippen molar-refractivity contribution in [2.75, 3.05) is 37.6 Å². The highest BCUT2D eigenvalue weighted by molar-refractivity contribution is 6.29. The molecule has 2 saturated heterocycles. The van der Waals surface area contributed by atoms with Gasteiger partial charge >= 0.3 is 0 Å². The molecule has 1 aromatic rings. The molecule has 3 heterocycles. The van der Waals surface area contributed by atoms with Gasteiger partial charge in [-0.3, -0.25) is 19.4 Å². The van der Waals surface area contributed by atoms with Crippen LogP contribution in [0.4, 0.5) is 5.82 Å². The summed E-state index contributed by atoms with van der Waals surface area (Å²) in [4.78, 5) is 29.6. The van der Waals surface area contributed by atoms with Gasteiger partial charge in [0.25, 0.3) is 0 Å². The van der Waals surface area contributed by atoms with E-state index in [9.17, 15) is 9.59 Å². The number of halogens is 1. The Kier molecular flexibility index (Phi) is 4.26. The summed E-state index contributed by atoms with van der Waals surface area (Å²) in [5.74, 6) is 0.656. The lowest BCUT2D eigenvalue weighted by Crippen LogP contribution is -2.52. The van der Waals surface area contributed by atoms with Crippen LogP contribution in [0.15, 0.2) is 12.1 Å². The van der Waals surface area contributed by atoms with E-state index in [-0.39, 0.29) is 17.9 Å². The predicted octanol–water partition coefficient (Wildman–Crippen LogP) is 0.399. The van der Waals surface area contributed by atoms with Crippen LogP contribution in [0.5, 0.6) is 0 Å². The minimum Gasteiger partial charge on any atom is -0.353 e. The SMILES string of the molecule is CCN1C(=O)C[C@@H](N2CCN(c3ccc(Cl)nn3)CC2)C1=O. The maximum absolute atomic E-state index is 12.2. The molecule has 0 unspecified atom stereocenters. The number of likely N-dealkylation sites (tertiary alicyclic amines) is 1. The monoisotopic (exact) mass is 323 g/mol. The van der Waals surface area contributed by atoms with Crippen LogP contribution < -0.4 is 4.90 Å². The number of anilines is 1. The fourth-order valence-electron chi connectivity index (χ4n) is 3.02. The van der Waals surface area contributed by atoms with Crippen molar-refractivity contribution in [2.24, 2.45) is 0 Å². The smallest absolute Gasteiger partial charge is 0.247 e. The quantitative estimate of drug-likeness (QED) is 0.750. The molecule has 3 rings (SSSR count). The number of aromatic nitrogens is 2. The van der Waals surface area contributed by atoms with Crippen LogP contribution >= 0.6 is 11.6 Å². The fraction of sp³-hybridized carbons (Fsp3) is 0.571. The second-order valence-corrected chi connectivity index (χ2v) is 5.82. The Balaban J connectivity index is 1.61. The summed E-state index contributed by atoms with van der Waals surface area (Å²) in [6.45, 7) is 5.24. The van der Waals surface area contributed by atoms with Crippen molar-refractivity contribution < 1.29 is 9.59 Å². The van der Waals surface area contributed by atoms with E-state index >= 15 is 0 Å². The maximum atomic E-state index is 12.2. The highest BCUT2D eigenvalue weighted by Crippen LogP contribution is 2.21. The Morgan fingerprint density at radius 2 is 1.91 bits per heavy atom. The largest absolute Gasteiger partial charge is 0.353 e. The van der Waals surface area contributed by atoms with E-state index < -0.39 is 0 Å². The van der Waals surface area contributed by atoms with Gasteiger partial charge in [-0.2, -0.15) is 0 Å². The molecule has 7 nitrogen and oxygen atoms in total. The zero-order chi connectivity index (χ0) is 15.7. The molecule has 2 aliphatic heterocycles. The summed E-state index contributed by atoms with van der Waals surface area (Å²) in [6.07, 6.45) is 0.299. The summed E-state index contributed by atoms with van der Waals surface area (Å²) in [5, 5.41) is 8.29. The van der Waals surface area contributed by atoms with Crippen LogP contribution in [0.1, 0.15) is 13.3 Å². The normalized spacial score (nSPS) is 23.5. The van der Waals surface area contributed by atoms with Crippen molar-refractivity contribution in [3.05, 3.63) is 17.3 Å². The molecular formula is C14H18ClN5O2. The number of carbonyl (C=O) groups is 2. The Morgan fingerprint density at radius 1 is 1.18 bits per heavy atom. The Hall–Kier alpha value is -1.73. The van der Waals surface area contributed by atoms with Crippen LogP contribution in [-0.2, 0) is 9.59 Å². The predicted molar refractivity (Wildman–Crippen MR) is 81.6 cm³/mol. The third kappa shape index (κ3) is 2.78. The van der Waals surface area contributed by atoms with Crippen molar-refractivity contribution in [1.82, 2.24) is 20.0 Å². The number of carbonyl (C=O) groups excluding carboxylic acids is 2. The van der Waals surface area contributed by atoms with E-state index in [4.69, 9.17) is 11.6 Å². The van der Waals surface area contributed by atoms with Crippen LogP contribution in [0.3, 0.4) is 0 Å². The molecule has 2 aliphatic rings. The molecule has 0 bridgehead atoms. The second-order valence-electron chi connectivity index (χ2n) is 5.43. The summed E-state index contributed by atoms with van der Waals surface area (Å²) in [7, 11) is 0. The molecule has 0 saturated carbocycles. The first kappa shape index (κ1) is 15.2. The van der Waals surface area contributed by atoms with Crippen LogP contribution in [0.25, 0.3) is 0 Å². The van der Waals surface area contributed by atoms with Crippen LogP contribution in [-0.4, -0.2) is 70.6 Å². The number of piperazine rings is 1. The van der Waals surface area contributed by atoms with E-state index in [1.807, 2.05) is 13.0 Å². The van der Waals surface area contributed by atoms with Gasteiger partial charge in [0, 0.05) is 32.7 Å². The lowest BCUT2D eigenvalue weighted by Gasteiger charge is -2.37. The zero-order valence-electron chi connectivity index (χ0n) is 12.4. The van der Waals surface area contributed by atoms with E-state index in [1.165, 1.54) is 4.90 Å².